The summed E-state index contributed by atoms with van der Waals surface area (Å²) in [6, 6.07) is 2.30. The van der Waals surface area contributed by atoms with E-state index in [2.05, 4.69) is 30.4 Å². The average Bonchev–Trinajstić information content (AvgIpc) is 3.22. The smallest absolute Gasteiger partial charge is 0.218 e. The number of aromatic amines is 1. The van der Waals surface area contributed by atoms with E-state index in [4.69, 9.17) is 4.74 Å². The number of fused-ring (bicyclic) bond motifs is 1. The number of hydrogen-bond acceptors (Lipinski definition) is 6. The van der Waals surface area contributed by atoms with Crippen molar-refractivity contribution in [2.75, 3.05) is 25.5 Å². The molecule has 2 N–H and O–H groups in total. The van der Waals surface area contributed by atoms with Crippen molar-refractivity contribution in [1.82, 2.24) is 25.1 Å². The molecule has 1 aliphatic heterocycles. The van der Waals surface area contributed by atoms with E-state index in [-0.39, 0.29) is 0 Å². The molecule has 7 heteroatoms. The number of nitrogens with zero attached hydrogens (tertiary/aromatic N) is 4. The molecule has 2 aliphatic rings. The molecule has 0 radical (unpaired) electrons. The molecule has 128 valence electrons. The van der Waals surface area contributed by atoms with Crippen LogP contribution in [-0.4, -0.2) is 51.3 Å². The zero-order valence-corrected chi connectivity index (χ0v) is 14.1. The molecule has 1 saturated heterocycles. The topological polar surface area (TPSA) is 79.0 Å². The normalized spacial score (nSPS) is 18.5. The van der Waals surface area contributed by atoms with Crippen molar-refractivity contribution in [3.8, 4) is 5.88 Å². The maximum Gasteiger partial charge on any atom is 0.218 e. The predicted molar refractivity (Wildman–Crippen MR) is 91.1 cm³/mol. The van der Waals surface area contributed by atoms with Crippen molar-refractivity contribution in [2.45, 2.75) is 44.7 Å². The fourth-order valence-electron chi connectivity index (χ4n) is 3.71. The minimum absolute atomic E-state index is 0.450. The highest BCUT2D eigenvalue weighted by molar-refractivity contribution is 5.38. The van der Waals surface area contributed by atoms with Crippen molar-refractivity contribution < 1.29 is 4.74 Å². The minimum Gasteiger partial charge on any atom is -0.481 e. The first-order chi connectivity index (χ1) is 11.8. The summed E-state index contributed by atoms with van der Waals surface area (Å²) in [4.78, 5) is 10.8. The van der Waals surface area contributed by atoms with Crippen LogP contribution in [0.15, 0.2) is 12.4 Å². The lowest BCUT2D eigenvalue weighted by Crippen LogP contribution is -2.39. The molecule has 0 bridgehead atoms. The molecule has 0 amide bonds. The lowest BCUT2D eigenvalue weighted by molar-refractivity contribution is 0.208. The van der Waals surface area contributed by atoms with Crippen LogP contribution in [0.25, 0.3) is 0 Å². The van der Waals surface area contributed by atoms with E-state index in [0.717, 1.165) is 44.7 Å². The molecule has 0 atom stereocenters. The van der Waals surface area contributed by atoms with Crippen LogP contribution in [0.2, 0.25) is 0 Å². The van der Waals surface area contributed by atoms with Gasteiger partial charge in [0.1, 0.15) is 12.1 Å². The SMILES string of the molecule is COc1cc(NC2CCN(Cc3n[nH]c4c3CCC4)CC2)ncn1. The summed E-state index contributed by atoms with van der Waals surface area (Å²) in [7, 11) is 1.62. The minimum atomic E-state index is 0.450. The second-order valence-corrected chi connectivity index (χ2v) is 6.62. The van der Waals surface area contributed by atoms with Gasteiger partial charge in [0.2, 0.25) is 5.88 Å². The highest BCUT2D eigenvalue weighted by Crippen LogP contribution is 2.25. The van der Waals surface area contributed by atoms with Gasteiger partial charge in [-0.1, -0.05) is 0 Å². The van der Waals surface area contributed by atoms with Crippen molar-refractivity contribution >= 4 is 5.82 Å². The third kappa shape index (κ3) is 3.21. The number of hydrogen-bond donors (Lipinski definition) is 2. The van der Waals surface area contributed by atoms with Crippen molar-refractivity contribution in [2.24, 2.45) is 0 Å². The molecule has 0 unspecified atom stereocenters. The maximum atomic E-state index is 5.15. The molecule has 2 aromatic heterocycles. The molecule has 7 nitrogen and oxygen atoms in total. The van der Waals surface area contributed by atoms with Gasteiger partial charge in [-0.3, -0.25) is 10.00 Å². The third-order valence-electron chi connectivity index (χ3n) is 5.06. The summed E-state index contributed by atoms with van der Waals surface area (Å²) in [6.45, 7) is 3.14. The number of anilines is 1. The number of aromatic nitrogens is 4. The van der Waals surface area contributed by atoms with Crippen LogP contribution in [0.4, 0.5) is 5.82 Å². The second-order valence-electron chi connectivity index (χ2n) is 6.62. The average molecular weight is 328 g/mol. The molecule has 1 fully saturated rings. The molecular formula is C17H24N6O. The van der Waals surface area contributed by atoms with Crippen LogP contribution in [0.3, 0.4) is 0 Å². The van der Waals surface area contributed by atoms with Gasteiger partial charge in [0.25, 0.3) is 0 Å². The first-order valence-electron chi connectivity index (χ1n) is 8.72. The van der Waals surface area contributed by atoms with Gasteiger partial charge in [-0.2, -0.15) is 5.10 Å². The van der Waals surface area contributed by atoms with E-state index in [0.29, 0.717) is 11.9 Å². The molecule has 3 heterocycles. The molecule has 2 aromatic rings. The van der Waals surface area contributed by atoms with Gasteiger partial charge in [-0.15, -0.1) is 0 Å². The Hall–Kier alpha value is -2.15. The van der Waals surface area contributed by atoms with Crippen LogP contribution in [0.5, 0.6) is 5.88 Å². The van der Waals surface area contributed by atoms with Gasteiger partial charge in [-0.05, 0) is 37.7 Å². The van der Waals surface area contributed by atoms with E-state index in [9.17, 15) is 0 Å². The van der Waals surface area contributed by atoms with Gasteiger partial charge >= 0.3 is 0 Å². The number of likely N-dealkylation sites (tertiary alicyclic amines) is 1. The molecule has 1 aliphatic carbocycles. The first kappa shape index (κ1) is 15.4. The van der Waals surface area contributed by atoms with Crippen LogP contribution < -0.4 is 10.1 Å². The van der Waals surface area contributed by atoms with Gasteiger partial charge in [-0.25, -0.2) is 9.97 Å². The fourth-order valence-corrected chi connectivity index (χ4v) is 3.71. The largest absolute Gasteiger partial charge is 0.481 e. The van der Waals surface area contributed by atoms with E-state index in [1.54, 1.807) is 7.11 Å². The Morgan fingerprint density at radius 1 is 1.29 bits per heavy atom. The maximum absolute atomic E-state index is 5.15. The lowest BCUT2D eigenvalue weighted by Gasteiger charge is -2.32. The molecular weight excluding hydrogens is 304 g/mol. The van der Waals surface area contributed by atoms with Gasteiger partial charge in [0.15, 0.2) is 0 Å². The molecule has 24 heavy (non-hydrogen) atoms. The molecule has 4 rings (SSSR count). The third-order valence-corrected chi connectivity index (χ3v) is 5.06. The van der Waals surface area contributed by atoms with Crippen LogP contribution in [0.1, 0.15) is 36.2 Å². The summed E-state index contributed by atoms with van der Waals surface area (Å²) in [5.74, 6) is 1.43. The summed E-state index contributed by atoms with van der Waals surface area (Å²) in [6.07, 6.45) is 7.38. The van der Waals surface area contributed by atoms with E-state index < -0.39 is 0 Å². The summed E-state index contributed by atoms with van der Waals surface area (Å²) in [5.41, 5.74) is 4.09. The number of H-pyrrole nitrogens is 1. The molecule has 0 saturated carbocycles. The number of ether oxygens (including phenoxy) is 1. The van der Waals surface area contributed by atoms with Gasteiger partial charge in [0.05, 0.1) is 12.8 Å². The Labute approximate surface area is 141 Å². The fraction of sp³-hybridized carbons (Fsp3) is 0.588. The number of piperidine rings is 1. The zero-order valence-electron chi connectivity index (χ0n) is 14.1. The first-order valence-corrected chi connectivity index (χ1v) is 8.72. The summed E-state index contributed by atoms with van der Waals surface area (Å²) in [5, 5.41) is 11.2. The number of aryl methyl sites for hydroxylation is 1. The summed E-state index contributed by atoms with van der Waals surface area (Å²) < 4.78 is 5.15. The van der Waals surface area contributed by atoms with E-state index >= 15 is 0 Å². The number of rotatable bonds is 5. The standard InChI is InChI=1S/C17H24N6O/c1-24-17-9-16(18-11-19-17)20-12-5-7-23(8-6-12)10-15-13-3-2-4-14(13)21-22-15/h9,11-12H,2-8,10H2,1H3,(H,21,22)(H,18,19,20). The van der Waals surface area contributed by atoms with Crippen molar-refractivity contribution in [1.29, 1.82) is 0 Å². The Morgan fingerprint density at radius 3 is 3.00 bits per heavy atom. The monoisotopic (exact) mass is 328 g/mol. The number of methoxy groups -OCH3 is 1. The zero-order chi connectivity index (χ0) is 16.4. The Bertz CT molecular complexity index is 692. The van der Waals surface area contributed by atoms with E-state index in [1.807, 2.05) is 6.07 Å². The molecule has 0 spiro atoms. The van der Waals surface area contributed by atoms with Gasteiger partial charge < -0.3 is 10.1 Å². The second kappa shape index (κ2) is 6.76. The van der Waals surface area contributed by atoms with Crippen molar-refractivity contribution in [3.05, 3.63) is 29.3 Å². The van der Waals surface area contributed by atoms with Crippen LogP contribution >= 0.6 is 0 Å². The Morgan fingerprint density at radius 2 is 2.17 bits per heavy atom. The van der Waals surface area contributed by atoms with E-state index in [1.165, 1.54) is 36.1 Å². The van der Waals surface area contributed by atoms with Crippen molar-refractivity contribution in [3.63, 3.8) is 0 Å². The Kier molecular flexibility index (Phi) is 4.34. The predicted octanol–water partition coefficient (Wildman–Crippen LogP) is 1.77. The van der Waals surface area contributed by atoms with Crippen LogP contribution in [0, 0.1) is 0 Å². The number of nitrogens with one attached hydrogen (secondary N) is 2. The van der Waals surface area contributed by atoms with Gasteiger partial charge in [0, 0.05) is 37.4 Å². The Balaban J connectivity index is 1.30. The lowest BCUT2D eigenvalue weighted by atomic mass is 10.0. The highest BCUT2D eigenvalue weighted by atomic mass is 16.5. The quantitative estimate of drug-likeness (QED) is 0.871. The summed E-state index contributed by atoms with van der Waals surface area (Å²) >= 11 is 0. The molecule has 0 aromatic carbocycles. The van der Waals surface area contributed by atoms with Crippen LogP contribution in [-0.2, 0) is 19.4 Å². The highest BCUT2D eigenvalue weighted by Gasteiger charge is 2.23.